The maximum absolute atomic E-state index is 11.6. The third-order valence-electron chi connectivity index (χ3n) is 2.07. The molecule has 0 heterocycles. The lowest BCUT2D eigenvalue weighted by Gasteiger charge is -2.22. The molecule has 1 amide bonds. The van der Waals surface area contributed by atoms with Gasteiger partial charge in [0.15, 0.2) is 0 Å². The third kappa shape index (κ3) is 3.62. The van der Waals surface area contributed by atoms with E-state index < -0.39 is 0 Å². The molecule has 2 heteroatoms. The van der Waals surface area contributed by atoms with Crippen molar-refractivity contribution < 1.29 is 4.79 Å². The summed E-state index contributed by atoms with van der Waals surface area (Å²) in [5.41, 5.74) is 0.858. The second-order valence-electron chi connectivity index (χ2n) is 4.68. The van der Waals surface area contributed by atoms with Crippen molar-refractivity contribution in [3.63, 3.8) is 0 Å². The first-order chi connectivity index (χ1) is 5.99. The quantitative estimate of drug-likeness (QED) is 0.661. The number of amides is 1. The second-order valence-corrected chi connectivity index (χ2v) is 4.68. The summed E-state index contributed by atoms with van der Waals surface area (Å²) in [5, 5.41) is 2.98. The number of allylic oxidation sites excluding steroid dienone is 1. The molecule has 1 aliphatic rings. The van der Waals surface area contributed by atoms with E-state index in [1.807, 2.05) is 20.8 Å². The Hall–Kier alpha value is -0.790. The summed E-state index contributed by atoms with van der Waals surface area (Å²) < 4.78 is 0. The first-order valence-electron chi connectivity index (χ1n) is 5.00. The lowest BCUT2D eigenvalue weighted by molar-refractivity contribution is -0.119. The molecule has 1 rings (SSSR count). The van der Waals surface area contributed by atoms with Gasteiger partial charge in [-0.3, -0.25) is 4.79 Å². The number of hydrogen-bond acceptors (Lipinski definition) is 1. The minimum atomic E-state index is -0.116. The van der Waals surface area contributed by atoms with E-state index in [9.17, 15) is 4.79 Å². The lowest BCUT2D eigenvalue weighted by atomic mass is 9.98. The van der Waals surface area contributed by atoms with E-state index in [4.69, 9.17) is 0 Å². The van der Waals surface area contributed by atoms with Gasteiger partial charge in [-0.2, -0.15) is 0 Å². The minimum absolute atomic E-state index is 0.116. The van der Waals surface area contributed by atoms with E-state index >= 15 is 0 Å². The van der Waals surface area contributed by atoms with Crippen molar-refractivity contribution in [3.8, 4) is 0 Å². The van der Waals surface area contributed by atoms with E-state index in [0.717, 1.165) is 24.8 Å². The summed E-state index contributed by atoms with van der Waals surface area (Å²) in [7, 11) is 0. The SMILES string of the molecule is CC(C)(C)NC(=O)C1=CCCCC1. The van der Waals surface area contributed by atoms with E-state index in [2.05, 4.69) is 11.4 Å². The van der Waals surface area contributed by atoms with Crippen molar-refractivity contribution in [2.75, 3.05) is 0 Å². The van der Waals surface area contributed by atoms with Crippen LogP contribution >= 0.6 is 0 Å². The zero-order chi connectivity index (χ0) is 9.90. The molecule has 0 spiro atoms. The van der Waals surface area contributed by atoms with Gasteiger partial charge in [-0.05, 0) is 46.5 Å². The van der Waals surface area contributed by atoms with Crippen molar-refractivity contribution in [2.24, 2.45) is 0 Å². The molecule has 2 nitrogen and oxygen atoms in total. The molecule has 1 N–H and O–H groups in total. The molecule has 0 aromatic heterocycles. The smallest absolute Gasteiger partial charge is 0.247 e. The third-order valence-corrected chi connectivity index (χ3v) is 2.07. The van der Waals surface area contributed by atoms with E-state index in [1.54, 1.807) is 0 Å². The molecule has 0 saturated carbocycles. The molecule has 0 bridgehead atoms. The molecule has 1 aliphatic carbocycles. The number of nitrogens with one attached hydrogen (secondary N) is 1. The Balaban J connectivity index is 2.52. The van der Waals surface area contributed by atoms with Gasteiger partial charge in [0, 0.05) is 11.1 Å². The van der Waals surface area contributed by atoms with Crippen LogP contribution in [0.5, 0.6) is 0 Å². The van der Waals surface area contributed by atoms with Crippen molar-refractivity contribution in [2.45, 2.75) is 52.0 Å². The Labute approximate surface area is 80.4 Å². The van der Waals surface area contributed by atoms with Gasteiger partial charge in [0.2, 0.25) is 5.91 Å². The maximum Gasteiger partial charge on any atom is 0.247 e. The van der Waals surface area contributed by atoms with Crippen LogP contribution in [0.15, 0.2) is 11.6 Å². The highest BCUT2D eigenvalue weighted by molar-refractivity contribution is 5.93. The summed E-state index contributed by atoms with van der Waals surface area (Å²) in [4.78, 5) is 11.6. The number of hydrogen-bond donors (Lipinski definition) is 1. The summed E-state index contributed by atoms with van der Waals surface area (Å²) in [5.74, 6) is 0.118. The fourth-order valence-corrected chi connectivity index (χ4v) is 1.47. The van der Waals surface area contributed by atoms with Crippen molar-refractivity contribution in [3.05, 3.63) is 11.6 Å². The molecule has 0 radical (unpaired) electrons. The highest BCUT2D eigenvalue weighted by atomic mass is 16.1. The second kappa shape index (κ2) is 3.95. The normalized spacial score (nSPS) is 17.9. The standard InChI is InChI=1S/C11H19NO/c1-11(2,3)12-10(13)9-7-5-4-6-8-9/h7H,4-6,8H2,1-3H3,(H,12,13). The van der Waals surface area contributed by atoms with E-state index in [-0.39, 0.29) is 11.4 Å². The van der Waals surface area contributed by atoms with Gasteiger partial charge in [0.05, 0.1) is 0 Å². The summed E-state index contributed by atoms with van der Waals surface area (Å²) in [6, 6.07) is 0. The molecule has 13 heavy (non-hydrogen) atoms. The van der Waals surface area contributed by atoms with Crippen LogP contribution in [0.3, 0.4) is 0 Å². The number of carbonyl (C=O) groups is 1. The van der Waals surface area contributed by atoms with Crippen molar-refractivity contribution in [1.29, 1.82) is 0 Å². The van der Waals surface area contributed by atoms with Crippen LogP contribution < -0.4 is 5.32 Å². The molecular weight excluding hydrogens is 162 g/mol. The van der Waals surface area contributed by atoms with Crippen LogP contribution in [0.2, 0.25) is 0 Å². The first kappa shape index (κ1) is 10.3. The fraction of sp³-hybridized carbons (Fsp3) is 0.727. The topological polar surface area (TPSA) is 29.1 Å². The van der Waals surface area contributed by atoms with Crippen LogP contribution in [0.25, 0.3) is 0 Å². The summed E-state index contributed by atoms with van der Waals surface area (Å²) >= 11 is 0. The Morgan fingerprint density at radius 2 is 2.08 bits per heavy atom. The minimum Gasteiger partial charge on any atom is -0.348 e. The first-order valence-corrected chi connectivity index (χ1v) is 5.00. The molecule has 0 atom stereocenters. The molecule has 0 fully saturated rings. The van der Waals surface area contributed by atoms with Gasteiger partial charge in [-0.25, -0.2) is 0 Å². The van der Waals surface area contributed by atoms with Crippen LogP contribution in [-0.4, -0.2) is 11.4 Å². The van der Waals surface area contributed by atoms with E-state index in [1.165, 1.54) is 6.42 Å². The molecule has 0 saturated heterocycles. The van der Waals surface area contributed by atoms with Crippen LogP contribution in [0, 0.1) is 0 Å². The molecule has 0 unspecified atom stereocenters. The van der Waals surface area contributed by atoms with Gasteiger partial charge < -0.3 is 5.32 Å². The van der Waals surface area contributed by atoms with Crippen molar-refractivity contribution >= 4 is 5.91 Å². The fourth-order valence-electron chi connectivity index (χ4n) is 1.47. The zero-order valence-corrected chi connectivity index (χ0v) is 8.81. The monoisotopic (exact) mass is 181 g/mol. The predicted octanol–water partition coefficient (Wildman–Crippen LogP) is 2.40. The van der Waals surface area contributed by atoms with Gasteiger partial charge >= 0.3 is 0 Å². The highest BCUT2D eigenvalue weighted by Crippen LogP contribution is 2.17. The van der Waals surface area contributed by atoms with Crippen LogP contribution in [-0.2, 0) is 4.79 Å². The zero-order valence-electron chi connectivity index (χ0n) is 8.81. The van der Waals surface area contributed by atoms with Crippen LogP contribution in [0.1, 0.15) is 46.5 Å². The average Bonchev–Trinajstić information content (AvgIpc) is 2.03. The number of rotatable bonds is 1. The average molecular weight is 181 g/mol. The molecule has 0 aliphatic heterocycles. The number of carbonyl (C=O) groups excluding carboxylic acids is 1. The molecule has 0 aromatic rings. The molecule has 0 aromatic carbocycles. The molecule has 74 valence electrons. The van der Waals surface area contributed by atoms with Gasteiger partial charge in [0.25, 0.3) is 0 Å². The highest BCUT2D eigenvalue weighted by Gasteiger charge is 2.17. The predicted molar refractivity (Wildman–Crippen MR) is 54.4 cm³/mol. The van der Waals surface area contributed by atoms with Gasteiger partial charge in [-0.15, -0.1) is 0 Å². The van der Waals surface area contributed by atoms with Crippen molar-refractivity contribution in [1.82, 2.24) is 5.32 Å². The Bertz CT molecular complexity index is 223. The van der Waals surface area contributed by atoms with Gasteiger partial charge in [0.1, 0.15) is 0 Å². The van der Waals surface area contributed by atoms with Gasteiger partial charge in [-0.1, -0.05) is 6.08 Å². The Morgan fingerprint density at radius 3 is 2.54 bits per heavy atom. The summed E-state index contributed by atoms with van der Waals surface area (Å²) in [6.07, 6.45) is 6.47. The Morgan fingerprint density at radius 1 is 1.38 bits per heavy atom. The van der Waals surface area contributed by atoms with E-state index in [0.29, 0.717) is 0 Å². The lowest BCUT2D eigenvalue weighted by Crippen LogP contribution is -2.41. The molecular formula is C11H19NO. The van der Waals surface area contributed by atoms with Crippen LogP contribution in [0.4, 0.5) is 0 Å². The maximum atomic E-state index is 11.6. The Kier molecular flexibility index (Phi) is 3.12. The summed E-state index contributed by atoms with van der Waals surface area (Å²) in [6.45, 7) is 6.02. The largest absolute Gasteiger partial charge is 0.348 e.